The van der Waals surface area contributed by atoms with Crippen LogP contribution in [0.25, 0.3) is 21.3 Å². The van der Waals surface area contributed by atoms with E-state index in [0.717, 1.165) is 52.5 Å². The van der Waals surface area contributed by atoms with Gasteiger partial charge < -0.3 is 15.5 Å². The number of hydrogen-bond acceptors (Lipinski definition) is 6. The number of rotatable bonds is 9. The zero-order chi connectivity index (χ0) is 23.2. The Bertz CT molecular complexity index is 1220. The molecule has 0 saturated carbocycles. The molecule has 2 heterocycles. The third-order valence-electron chi connectivity index (χ3n) is 5.54. The highest BCUT2D eigenvalue weighted by atomic mass is 35.5. The van der Waals surface area contributed by atoms with Gasteiger partial charge in [-0.3, -0.25) is 4.79 Å². The fourth-order valence-corrected chi connectivity index (χ4v) is 4.66. The van der Waals surface area contributed by atoms with Gasteiger partial charge in [0.05, 0.1) is 5.39 Å². The zero-order valence-electron chi connectivity index (χ0n) is 18.6. The molecule has 0 aliphatic rings. The topological polar surface area (TPSA) is 70.2 Å². The van der Waals surface area contributed by atoms with Gasteiger partial charge in [0, 0.05) is 40.3 Å². The average molecular weight is 480 g/mol. The van der Waals surface area contributed by atoms with Gasteiger partial charge in [-0.15, -0.1) is 11.3 Å². The first-order valence-corrected chi connectivity index (χ1v) is 12.2. The zero-order valence-corrected chi connectivity index (χ0v) is 20.2. The monoisotopic (exact) mass is 479 g/mol. The van der Waals surface area contributed by atoms with Gasteiger partial charge in [0.2, 0.25) is 0 Å². The lowest BCUT2D eigenvalue weighted by Gasteiger charge is -2.18. The molecule has 0 unspecified atom stereocenters. The maximum atomic E-state index is 12.5. The van der Waals surface area contributed by atoms with E-state index in [2.05, 4.69) is 44.7 Å². The van der Waals surface area contributed by atoms with Crippen LogP contribution in [0.4, 0.5) is 11.5 Å². The fraction of sp³-hybridized carbons (Fsp3) is 0.240. The van der Waals surface area contributed by atoms with Crippen molar-refractivity contribution >= 4 is 50.6 Å². The number of benzene rings is 2. The number of hydrogen-bond donors (Lipinski definition) is 2. The number of nitrogens with zero attached hydrogens (tertiary/aromatic N) is 3. The number of anilines is 2. The van der Waals surface area contributed by atoms with Gasteiger partial charge in [0.1, 0.15) is 17.0 Å². The molecule has 0 atom stereocenters. The molecule has 33 heavy (non-hydrogen) atoms. The van der Waals surface area contributed by atoms with Crippen molar-refractivity contribution in [1.82, 2.24) is 20.2 Å². The van der Waals surface area contributed by atoms with E-state index in [0.29, 0.717) is 17.1 Å². The molecule has 0 saturated heterocycles. The summed E-state index contributed by atoms with van der Waals surface area (Å²) in [6.45, 7) is 7.68. The van der Waals surface area contributed by atoms with Gasteiger partial charge >= 0.3 is 0 Å². The molecule has 0 spiro atoms. The Morgan fingerprint density at radius 2 is 1.76 bits per heavy atom. The number of amides is 1. The summed E-state index contributed by atoms with van der Waals surface area (Å²) in [5.74, 6) is 0.656. The molecule has 0 aliphatic carbocycles. The Morgan fingerprint density at radius 3 is 2.45 bits per heavy atom. The fourth-order valence-electron chi connectivity index (χ4n) is 3.62. The van der Waals surface area contributed by atoms with E-state index in [-0.39, 0.29) is 5.91 Å². The van der Waals surface area contributed by atoms with Crippen LogP contribution in [0.5, 0.6) is 0 Å². The molecule has 170 valence electrons. The third-order valence-corrected chi connectivity index (χ3v) is 6.68. The van der Waals surface area contributed by atoms with Gasteiger partial charge in [-0.2, -0.15) is 0 Å². The first-order valence-electron chi connectivity index (χ1n) is 10.9. The quantitative estimate of drug-likeness (QED) is 0.316. The molecular weight excluding hydrogens is 454 g/mol. The molecule has 2 N–H and O–H groups in total. The van der Waals surface area contributed by atoms with Crippen molar-refractivity contribution in [3.8, 4) is 11.1 Å². The molecule has 0 aliphatic heterocycles. The first-order chi connectivity index (χ1) is 16.1. The predicted molar refractivity (Wildman–Crippen MR) is 138 cm³/mol. The van der Waals surface area contributed by atoms with Gasteiger partial charge in [-0.05, 0) is 55.1 Å². The number of carbonyl (C=O) groups excluding carboxylic acids is 1. The van der Waals surface area contributed by atoms with Crippen molar-refractivity contribution in [2.45, 2.75) is 13.8 Å². The van der Waals surface area contributed by atoms with E-state index < -0.39 is 0 Å². The number of fused-ring (bicyclic) bond motifs is 1. The second kappa shape index (κ2) is 10.7. The number of halogens is 1. The molecule has 6 nitrogen and oxygen atoms in total. The van der Waals surface area contributed by atoms with Crippen LogP contribution in [0.3, 0.4) is 0 Å². The van der Waals surface area contributed by atoms with Crippen LogP contribution < -0.4 is 10.6 Å². The Hall–Kier alpha value is -3.00. The number of aromatic nitrogens is 2. The van der Waals surface area contributed by atoms with Gasteiger partial charge in [-0.1, -0.05) is 37.6 Å². The molecule has 8 heteroatoms. The maximum absolute atomic E-state index is 12.5. The molecular formula is C25H26ClN5OS. The van der Waals surface area contributed by atoms with Crippen molar-refractivity contribution in [3.05, 3.63) is 70.8 Å². The molecule has 4 aromatic rings. The molecule has 2 aromatic heterocycles. The van der Waals surface area contributed by atoms with Crippen molar-refractivity contribution in [2.24, 2.45) is 0 Å². The summed E-state index contributed by atoms with van der Waals surface area (Å²) in [6.07, 6.45) is 1.56. The average Bonchev–Trinajstić information content (AvgIpc) is 3.28. The van der Waals surface area contributed by atoms with E-state index in [1.54, 1.807) is 17.7 Å². The summed E-state index contributed by atoms with van der Waals surface area (Å²) in [7, 11) is 0. The summed E-state index contributed by atoms with van der Waals surface area (Å²) in [5, 5.41) is 10.1. The van der Waals surface area contributed by atoms with Crippen LogP contribution in [0.2, 0.25) is 5.02 Å². The largest absolute Gasteiger partial charge is 0.351 e. The van der Waals surface area contributed by atoms with Crippen molar-refractivity contribution < 1.29 is 4.79 Å². The minimum Gasteiger partial charge on any atom is -0.351 e. The molecule has 2 aromatic carbocycles. The highest BCUT2D eigenvalue weighted by molar-refractivity contribution is 7.17. The van der Waals surface area contributed by atoms with Crippen LogP contribution in [0.15, 0.2) is 60.2 Å². The SMILES string of the molecule is CCN(CC)CCNC(=O)c1ccc(Nc2ncnc3scc(-c4ccc(Cl)cc4)c23)cc1. The van der Waals surface area contributed by atoms with Gasteiger partial charge in [0.15, 0.2) is 0 Å². The maximum Gasteiger partial charge on any atom is 0.251 e. The number of thiophene rings is 1. The van der Waals surface area contributed by atoms with Crippen molar-refractivity contribution in [3.63, 3.8) is 0 Å². The molecule has 0 bridgehead atoms. The summed E-state index contributed by atoms with van der Waals surface area (Å²) < 4.78 is 0. The number of carbonyl (C=O) groups is 1. The molecule has 4 rings (SSSR count). The van der Waals surface area contributed by atoms with Gasteiger partial charge in [0.25, 0.3) is 5.91 Å². The standard InChI is InChI=1S/C25H26ClN5OS/c1-3-31(4-2)14-13-27-24(32)18-7-11-20(12-8-18)30-23-22-21(15-33-25(22)29-16-28-23)17-5-9-19(26)10-6-17/h5-12,15-16H,3-4,13-14H2,1-2H3,(H,27,32)(H,28,29,30). The lowest BCUT2D eigenvalue weighted by atomic mass is 10.1. The predicted octanol–water partition coefficient (Wildman–Crippen LogP) is 5.83. The van der Waals surface area contributed by atoms with E-state index in [1.165, 1.54) is 0 Å². The Morgan fingerprint density at radius 1 is 1.03 bits per heavy atom. The summed E-state index contributed by atoms with van der Waals surface area (Å²) in [4.78, 5) is 24.5. The minimum atomic E-state index is -0.0685. The van der Waals surface area contributed by atoms with Crippen molar-refractivity contribution in [1.29, 1.82) is 0 Å². The Balaban J connectivity index is 1.49. The van der Waals surface area contributed by atoms with Crippen LogP contribution in [-0.2, 0) is 0 Å². The second-order valence-corrected chi connectivity index (χ2v) is 8.84. The van der Waals surface area contributed by atoms with Crippen LogP contribution in [-0.4, -0.2) is 47.0 Å². The lowest BCUT2D eigenvalue weighted by Crippen LogP contribution is -2.34. The highest BCUT2D eigenvalue weighted by Crippen LogP contribution is 2.37. The first kappa shape index (κ1) is 23.2. The highest BCUT2D eigenvalue weighted by Gasteiger charge is 2.14. The minimum absolute atomic E-state index is 0.0685. The van der Waals surface area contributed by atoms with E-state index >= 15 is 0 Å². The lowest BCUT2D eigenvalue weighted by molar-refractivity contribution is 0.0949. The molecule has 0 fully saturated rings. The van der Waals surface area contributed by atoms with Gasteiger partial charge in [-0.25, -0.2) is 9.97 Å². The smallest absolute Gasteiger partial charge is 0.251 e. The third kappa shape index (κ3) is 5.50. The normalized spacial score (nSPS) is 11.2. The van der Waals surface area contributed by atoms with Crippen molar-refractivity contribution in [2.75, 3.05) is 31.5 Å². The number of likely N-dealkylation sites (N-methyl/N-ethyl adjacent to an activating group) is 1. The summed E-state index contributed by atoms with van der Waals surface area (Å²) in [6, 6.07) is 15.2. The molecule has 1 amide bonds. The second-order valence-electron chi connectivity index (χ2n) is 7.54. The summed E-state index contributed by atoms with van der Waals surface area (Å²) >= 11 is 7.63. The number of nitrogens with one attached hydrogen (secondary N) is 2. The van der Waals surface area contributed by atoms with E-state index in [9.17, 15) is 4.79 Å². The summed E-state index contributed by atoms with van der Waals surface area (Å²) in [5.41, 5.74) is 3.59. The van der Waals surface area contributed by atoms with E-state index in [1.807, 2.05) is 48.5 Å². The molecule has 0 radical (unpaired) electrons. The Labute approximate surface area is 202 Å². The van der Waals surface area contributed by atoms with Crippen LogP contribution >= 0.6 is 22.9 Å². The van der Waals surface area contributed by atoms with Crippen LogP contribution in [0, 0.1) is 0 Å². The van der Waals surface area contributed by atoms with E-state index in [4.69, 9.17) is 11.6 Å². The van der Waals surface area contributed by atoms with Crippen LogP contribution in [0.1, 0.15) is 24.2 Å². The Kier molecular flexibility index (Phi) is 7.54.